The van der Waals surface area contributed by atoms with E-state index in [1.54, 1.807) is 26.4 Å². The van der Waals surface area contributed by atoms with Crippen molar-refractivity contribution in [2.24, 2.45) is 0 Å². The van der Waals surface area contributed by atoms with Gasteiger partial charge in [-0.25, -0.2) is 0 Å². The molecule has 2 aliphatic carbocycles. The number of aromatic amines is 1. The van der Waals surface area contributed by atoms with Crippen LogP contribution in [0, 0.1) is 10.1 Å². The van der Waals surface area contributed by atoms with Crippen LogP contribution >= 0.6 is 7.92 Å². The molecule has 18 aromatic rings. The van der Waals surface area contributed by atoms with Crippen molar-refractivity contribution < 1.29 is 14.4 Å². The molecule has 1 heterocycles. The summed E-state index contributed by atoms with van der Waals surface area (Å²) in [5, 5.41) is 38.2. The average Bonchev–Trinajstić information content (AvgIpc) is 1.65. The summed E-state index contributed by atoms with van der Waals surface area (Å²) in [7, 11) is 3.06. The summed E-state index contributed by atoms with van der Waals surface area (Å²) < 4.78 is 11.8. The molecule has 1 N–H and O–H groups in total. The van der Waals surface area contributed by atoms with Crippen molar-refractivity contribution >= 4 is 138 Å². The number of nitrogens with zero attached hydrogens (tertiary/aromatic N) is 1. The molecule has 0 saturated heterocycles. The maximum absolute atomic E-state index is 11.8. The Kier molecular flexibility index (Phi) is 14.5. The number of fused-ring (bicyclic) bond motifs is 25. The van der Waals surface area contributed by atoms with Gasteiger partial charge in [-0.2, -0.15) is 0 Å². The molecular weight excluding hydrogens is 1250 g/mol. The van der Waals surface area contributed by atoms with Crippen LogP contribution < -0.4 is 25.4 Å². The third-order valence-electron chi connectivity index (χ3n) is 21.7. The van der Waals surface area contributed by atoms with Gasteiger partial charge in [0.2, 0.25) is 0 Å². The summed E-state index contributed by atoms with van der Waals surface area (Å²) in [6.07, 6.45) is 0. The SMILES string of the molecule is COc1cc2c3ccccc3c3cc4c(cc3c2c2ccccc12)C(C)(C)c1cc2[nH]c3ccccc3c2cc1-4.COc1cc2c3ccccc3c3cc4c(cc3c2c2ccccc12)C(C)(C)c1ccc(-c2ccccc2[N+](=O)[O-])cc1-4.c1ccc(P(c2ccccc2)c2ccccc2)cc1. The highest BCUT2D eigenvalue weighted by atomic mass is 31.1. The van der Waals surface area contributed by atoms with Crippen LogP contribution in [0.5, 0.6) is 11.5 Å². The lowest BCUT2D eigenvalue weighted by molar-refractivity contribution is -0.384. The molecule has 2 aliphatic rings. The number of hydrogen-bond acceptors (Lipinski definition) is 4. The van der Waals surface area contributed by atoms with E-state index in [0.29, 0.717) is 5.56 Å². The largest absolute Gasteiger partial charge is 0.496 e. The molecule has 0 spiro atoms. The summed E-state index contributed by atoms with van der Waals surface area (Å²) in [5.41, 5.74) is 13.9. The summed E-state index contributed by atoms with van der Waals surface area (Å²) >= 11 is 0. The molecule has 0 amide bonds. The maximum Gasteiger partial charge on any atom is 0.277 e. The number of H-pyrrole nitrogens is 1. The van der Waals surface area contributed by atoms with Gasteiger partial charge in [-0.05, 0) is 216 Å². The van der Waals surface area contributed by atoms with Crippen molar-refractivity contribution in [1.29, 1.82) is 0 Å². The predicted octanol–water partition coefficient (Wildman–Crippen LogP) is 23.9. The third kappa shape index (κ3) is 9.72. The van der Waals surface area contributed by atoms with Crippen LogP contribution in [0.2, 0.25) is 0 Å². The first-order valence-electron chi connectivity index (χ1n) is 34.5. The lowest BCUT2D eigenvalue weighted by Gasteiger charge is -2.23. The fraction of sp³-hybridized carbons (Fsp3) is 0.0851. The summed E-state index contributed by atoms with van der Waals surface area (Å²) in [4.78, 5) is 15.2. The molecule has 0 saturated carbocycles. The first-order chi connectivity index (χ1) is 49.4. The Morgan fingerprint density at radius 2 is 0.673 bits per heavy atom. The number of hydrogen-bond donors (Lipinski definition) is 1. The summed E-state index contributed by atoms with van der Waals surface area (Å²) in [5.74, 6) is 1.79. The van der Waals surface area contributed by atoms with E-state index in [0.717, 1.165) is 33.4 Å². The van der Waals surface area contributed by atoms with Crippen molar-refractivity contribution in [3.8, 4) is 44.9 Å². The molecule has 101 heavy (non-hydrogen) atoms. The van der Waals surface area contributed by atoms with E-state index in [-0.39, 0.29) is 21.4 Å². The second-order valence-corrected chi connectivity index (χ2v) is 30.0. The van der Waals surface area contributed by atoms with Crippen LogP contribution in [0.3, 0.4) is 0 Å². The predicted molar refractivity (Wildman–Crippen MR) is 428 cm³/mol. The molecule has 20 rings (SSSR count). The average molecular weight is 1320 g/mol. The van der Waals surface area contributed by atoms with E-state index in [1.807, 2.05) is 18.2 Å². The van der Waals surface area contributed by atoms with E-state index in [4.69, 9.17) is 9.47 Å². The second-order valence-electron chi connectivity index (χ2n) is 27.8. The third-order valence-corrected chi connectivity index (χ3v) is 24.2. The van der Waals surface area contributed by atoms with Gasteiger partial charge >= 0.3 is 0 Å². The molecule has 0 fully saturated rings. The number of rotatable bonds is 7. The van der Waals surface area contributed by atoms with Crippen LogP contribution in [-0.4, -0.2) is 24.1 Å². The Balaban J connectivity index is 0.000000116. The number of para-hydroxylation sites is 2. The van der Waals surface area contributed by atoms with Gasteiger partial charge in [-0.3, -0.25) is 10.1 Å². The van der Waals surface area contributed by atoms with Gasteiger partial charge in [0.05, 0.1) is 24.7 Å². The Morgan fingerprint density at radius 1 is 0.307 bits per heavy atom. The summed E-state index contributed by atoms with van der Waals surface area (Å²) in [6, 6.07) is 108. The summed E-state index contributed by atoms with van der Waals surface area (Å²) in [6.45, 7) is 9.31. The molecule has 0 unspecified atom stereocenters. The molecule has 6 nitrogen and oxygen atoms in total. The van der Waals surface area contributed by atoms with Crippen LogP contribution in [0.1, 0.15) is 49.9 Å². The quantitative estimate of drug-likeness (QED) is 0.0746. The Labute approximate surface area is 586 Å². The van der Waals surface area contributed by atoms with Gasteiger partial charge in [0.15, 0.2) is 0 Å². The van der Waals surface area contributed by atoms with Gasteiger partial charge in [0.25, 0.3) is 5.69 Å². The van der Waals surface area contributed by atoms with E-state index >= 15 is 0 Å². The Hall–Kier alpha value is -12.0. The van der Waals surface area contributed by atoms with E-state index in [1.165, 1.54) is 152 Å². The monoisotopic (exact) mass is 1320 g/mol. The van der Waals surface area contributed by atoms with Crippen molar-refractivity contribution in [3.63, 3.8) is 0 Å². The fourth-order valence-electron chi connectivity index (χ4n) is 16.9. The molecule has 0 radical (unpaired) electrons. The zero-order valence-corrected chi connectivity index (χ0v) is 57.8. The van der Waals surface area contributed by atoms with Crippen molar-refractivity contribution in [1.82, 2.24) is 4.98 Å². The molecule has 1 aromatic heterocycles. The topological polar surface area (TPSA) is 77.4 Å². The van der Waals surface area contributed by atoms with Gasteiger partial charge in [0.1, 0.15) is 11.5 Å². The molecular formula is C94H69N2O4P. The molecule has 7 heteroatoms. The normalized spacial score (nSPS) is 13.2. The van der Waals surface area contributed by atoms with E-state index in [9.17, 15) is 10.1 Å². The van der Waals surface area contributed by atoms with Gasteiger partial charge in [-0.1, -0.05) is 258 Å². The number of nitrogens with one attached hydrogen (secondary N) is 1. The second kappa shape index (κ2) is 23.9. The minimum Gasteiger partial charge on any atom is -0.496 e. The van der Waals surface area contributed by atoms with E-state index < -0.39 is 7.92 Å². The minimum absolute atomic E-state index is 0.119. The maximum atomic E-state index is 11.8. The number of aromatic nitrogens is 1. The number of nitro benzene ring substituents is 1. The van der Waals surface area contributed by atoms with Gasteiger partial charge in [-0.15, -0.1) is 0 Å². The van der Waals surface area contributed by atoms with Crippen molar-refractivity contribution in [2.75, 3.05) is 14.2 Å². The standard InChI is InChI=1S/C38H27NO3.C38H27NO.C18H15P/c1-38(2)33-17-16-22(23-10-8-9-15-35(23)39(40)41)18-29(33)30-19-28-24-11-4-5-12-25(24)32-21-36(42-3)26-13-6-7-14-27(26)37(32)31(28)20-34(30)38;1-38(2)32-18-30-26(16-27(32)28-17-29-23-12-8-9-15-34(23)39-35(29)20-33(28)38)21-10-4-5-11-22(21)31-19-36(40-3)24-13-6-7-14-25(24)37(30)31;1-4-10-16(11-5-1)19(17-12-6-2-7-13-17)18-14-8-3-9-15-18/h4-21H,1-3H3;4-20,39H,1-3H3;1-15H. The number of methoxy groups -OCH3 is 2. The first-order valence-corrected chi connectivity index (χ1v) is 35.9. The number of benzene rings is 17. The highest BCUT2D eigenvalue weighted by molar-refractivity contribution is 7.79. The lowest BCUT2D eigenvalue weighted by Crippen LogP contribution is -2.20. The van der Waals surface area contributed by atoms with Gasteiger partial charge < -0.3 is 14.5 Å². The number of nitro groups is 1. The van der Waals surface area contributed by atoms with Crippen LogP contribution in [0.25, 0.3) is 141 Å². The fourth-order valence-corrected chi connectivity index (χ4v) is 19.2. The lowest BCUT2D eigenvalue weighted by atomic mass is 9.80. The highest BCUT2D eigenvalue weighted by Gasteiger charge is 2.39. The molecule has 0 bridgehead atoms. The van der Waals surface area contributed by atoms with Gasteiger partial charge in [0, 0.05) is 49.5 Å². The zero-order valence-electron chi connectivity index (χ0n) is 56.9. The van der Waals surface area contributed by atoms with Crippen LogP contribution in [0.15, 0.2) is 303 Å². The Bertz CT molecular complexity index is 6360. The van der Waals surface area contributed by atoms with Crippen LogP contribution in [0.4, 0.5) is 5.69 Å². The molecule has 17 aromatic carbocycles. The van der Waals surface area contributed by atoms with Crippen LogP contribution in [-0.2, 0) is 10.8 Å². The Morgan fingerprint density at radius 3 is 1.15 bits per heavy atom. The smallest absolute Gasteiger partial charge is 0.277 e. The first kappa shape index (κ1) is 61.4. The molecule has 0 aliphatic heterocycles. The van der Waals surface area contributed by atoms with Crippen molar-refractivity contribution in [3.05, 3.63) is 336 Å². The highest BCUT2D eigenvalue weighted by Crippen LogP contribution is 2.56. The number of ether oxygens (including phenoxy) is 2. The van der Waals surface area contributed by atoms with Crippen molar-refractivity contribution in [2.45, 2.75) is 38.5 Å². The van der Waals surface area contributed by atoms with E-state index in [2.05, 4.69) is 306 Å². The zero-order chi connectivity index (χ0) is 68.4. The minimum atomic E-state index is -0.446. The molecule has 0 atom stereocenters. The molecule has 484 valence electrons.